The molecule has 1 aliphatic heterocycles. The Labute approximate surface area is 127 Å². The van der Waals surface area contributed by atoms with Gasteiger partial charge in [0, 0.05) is 19.5 Å². The summed E-state index contributed by atoms with van der Waals surface area (Å²) in [5, 5.41) is 12.7. The monoisotopic (exact) mass is 290 g/mol. The first-order chi connectivity index (χ1) is 10.2. The fourth-order valence-corrected chi connectivity index (χ4v) is 2.92. The van der Waals surface area contributed by atoms with Gasteiger partial charge in [0.1, 0.15) is 5.75 Å². The Kier molecular flexibility index (Phi) is 6.05. The molecule has 4 nitrogen and oxygen atoms in total. The van der Waals surface area contributed by atoms with Crippen LogP contribution in [-0.2, 0) is 11.2 Å². The Hall–Kier alpha value is -1.55. The summed E-state index contributed by atoms with van der Waals surface area (Å²) < 4.78 is 0. The van der Waals surface area contributed by atoms with Gasteiger partial charge < -0.3 is 15.3 Å². The van der Waals surface area contributed by atoms with Crippen LogP contribution in [0.1, 0.15) is 31.7 Å². The fraction of sp³-hybridized carbons (Fsp3) is 0.588. The lowest BCUT2D eigenvalue weighted by Gasteiger charge is -2.31. The summed E-state index contributed by atoms with van der Waals surface area (Å²) in [4.78, 5) is 14.4. The highest BCUT2D eigenvalue weighted by atomic mass is 16.3. The summed E-state index contributed by atoms with van der Waals surface area (Å²) in [6, 6.07) is 7.20. The molecule has 2 N–H and O–H groups in total. The summed E-state index contributed by atoms with van der Waals surface area (Å²) in [6.45, 7) is 6.34. The predicted molar refractivity (Wildman–Crippen MR) is 84.3 cm³/mol. The molecule has 0 spiro atoms. The van der Waals surface area contributed by atoms with Crippen LogP contribution < -0.4 is 5.32 Å². The Balaban J connectivity index is 1.69. The van der Waals surface area contributed by atoms with Crippen LogP contribution in [-0.4, -0.2) is 42.1 Å². The number of phenols is 1. The van der Waals surface area contributed by atoms with E-state index in [1.54, 1.807) is 12.1 Å². The zero-order valence-corrected chi connectivity index (χ0v) is 12.8. The van der Waals surface area contributed by atoms with Crippen molar-refractivity contribution in [3.63, 3.8) is 0 Å². The smallest absolute Gasteiger partial charge is 0.220 e. The SMILES string of the molecule is CCN1CCCC(CNC(=O)CCc2ccccc2O)C1. The predicted octanol–water partition coefficient (Wildman–Crippen LogP) is 2.17. The van der Waals surface area contributed by atoms with E-state index in [9.17, 15) is 9.90 Å². The highest BCUT2D eigenvalue weighted by Gasteiger charge is 2.19. The number of carbonyl (C=O) groups is 1. The first-order valence-corrected chi connectivity index (χ1v) is 7.95. The molecule has 1 aliphatic rings. The summed E-state index contributed by atoms with van der Waals surface area (Å²) >= 11 is 0. The van der Waals surface area contributed by atoms with Crippen LogP contribution in [0.2, 0.25) is 0 Å². The number of piperidine rings is 1. The quantitative estimate of drug-likeness (QED) is 0.844. The zero-order valence-electron chi connectivity index (χ0n) is 12.8. The number of aryl methyl sites for hydroxylation is 1. The number of hydrogen-bond donors (Lipinski definition) is 2. The molecule has 21 heavy (non-hydrogen) atoms. The van der Waals surface area contributed by atoms with Gasteiger partial charge in [0.2, 0.25) is 5.91 Å². The minimum Gasteiger partial charge on any atom is -0.508 e. The van der Waals surface area contributed by atoms with Crippen LogP contribution in [0.5, 0.6) is 5.75 Å². The van der Waals surface area contributed by atoms with Crippen molar-refractivity contribution in [3.05, 3.63) is 29.8 Å². The van der Waals surface area contributed by atoms with Crippen LogP contribution in [0.3, 0.4) is 0 Å². The van der Waals surface area contributed by atoms with Gasteiger partial charge in [-0.15, -0.1) is 0 Å². The van der Waals surface area contributed by atoms with Crippen molar-refractivity contribution in [2.75, 3.05) is 26.2 Å². The van der Waals surface area contributed by atoms with E-state index in [0.29, 0.717) is 18.8 Å². The fourth-order valence-electron chi connectivity index (χ4n) is 2.92. The van der Waals surface area contributed by atoms with E-state index in [1.807, 2.05) is 12.1 Å². The molecular formula is C17H26N2O2. The third-order valence-corrected chi connectivity index (χ3v) is 4.25. The molecule has 1 aromatic carbocycles. The number of para-hydroxylation sites is 1. The molecule has 1 fully saturated rings. The summed E-state index contributed by atoms with van der Waals surface area (Å²) in [6.07, 6.45) is 3.45. The van der Waals surface area contributed by atoms with Crippen molar-refractivity contribution in [3.8, 4) is 5.75 Å². The van der Waals surface area contributed by atoms with E-state index < -0.39 is 0 Å². The Morgan fingerprint density at radius 1 is 1.43 bits per heavy atom. The topological polar surface area (TPSA) is 52.6 Å². The van der Waals surface area contributed by atoms with E-state index >= 15 is 0 Å². The summed E-state index contributed by atoms with van der Waals surface area (Å²) in [5.41, 5.74) is 0.836. The Morgan fingerprint density at radius 3 is 3.00 bits per heavy atom. The van der Waals surface area contributed by atoms with Crippen LogP contribution in [0.15, 0.2) is 24.3 Å². The number of rotatable bonds is 6. The molecule has 4 heteroatoms. The minimum absolute atomic E-state index is 0.0758. The van der Waals surface area contributed by atoms with Gasteiger partial charge in [-0.1, -0.05) is 25.1 Å². The van der Waals surface area contributed by atoms with Gasteiger partial charge in [-0.3, -0.25) is 4.79 Å². The normalized spacial score (nSPS) is 19.4. The molecule has 0 aromatic heterocycles. The first kappa shape index (κ1) is 15.8. The molecule has 0 aliphatic carbocycles. The second-order valence-corrected chi connectivity index (χ2v) is 5.83. The average Bonchev–Trinajstić information content (AvgIpc) is 2.52. The van der Waals surface area contributed by atoms with Gasteiger partial charge >= 0.3 is 0 Å². The van der Waals surface area contributed by atoms with Gasteiger partial charge in [0.05, 0.1) is 0 Å². The minimum atomic E-state index is 0.0758. The average molecular weight is 290 g/mol. The number of amides is 1. The molecule has 0 bridgehead atoms. The van der Waals surface area contributed by atoms with Crippen LogP contribution in [0, 0.1) is 5.92 Å². The van der Waals surface area contributed by atoms with E-state index in [-0.39, 0.29) is 11.7 Å². The summed E-state index contributed by atoms with van der Waals surface area (Å²) in [7, 11) is 0. The number of likely N-dealkylation sites (tertiary alicyclic amines) is 1. The molecule has 2 rings (SSSR count). The molecule has 1 unspecified atom stereocenters. The largest absolute Gasteiger partial charge is 0.508 e. The molecular weight excluding hydrogens is 264 g/mol. The second kappa shape index (κ2) is 8.03. The lowest BCUT2D eigenvalue weighted by molar-refractivity contribution is -0.121. The van der Waals surface area contributed by atoms with Gasteiger partial charge in [-0.05, 0) is 49.9 Å². The van der Waals surface area contributed by atoms with E-state index in [2.05, 4.69) is 17.1 Å². The standard InChI is InChI=1S/C17H26N2O2/c1-2-19-11-5-6-14(13-19)12-18-17(21)10-9-15-7-3-4-8-16(15)20/h3-4,7-8,14,20H,2,5-6,9-13H2,1H3,(H,18,21). The number of phenolic OH excluding ortho intramolecular Hbond substituents is 1. The molecule has 1 heterocycles. The number of hydrogen-bond acceptors (Lipinski definition) is 3. The maximum atomic E-state index is 11.9. The molecule has 116 valence electrons. The lowest BCUT2D eigenvalue weighted by Crippen LogP contribution is -2.40. The molecule has 1 aromatic rings. The van der Waals surface area contributed by atoms with Crippen LogP contribution in [0.4, 0.5) is 0 Å². The van der Waals surface area contributed by atoms with Crippen LogP contribution in [0.25, 0.3) is 0 Å². The third-order valence-electron chi connectivity index (χ3n) is 4.25. The Morgan fingerprint density at radius 2 is 2.24 bits per heavy atom. The third kappa shape index (κ3) is 5.05. The number of carbonyl (C=O) groups excluding carboxylic acids is 1. The van der Waals surface area contributed by atoms with Crippen molar-refractivity contribution >= 4 is 5.91 Å². The van der Waals surface area contributed by atoms with E-state index in [4.69, 9.17) is 0 Å². The highest BCUT2D eigenvalue weighted by molar-refractivity contribution is 5.76. The molecule has 1 atom stereocenters. The number of aromatic hydroxyl groups is 1. The Bertz CT molecular complexity index is 462. The van der Waals surface area contributed by atoms with Crippen molar-refractivity contribution < 1.29 is 9.90 Å². The van der Waals surface area contributed by atoms with Crippen molar-refractivity contribution in [2.24, 2.45) is 5.92 Å². The van der Waals surface area contributed by atoms with Crippen molar-refractivity contribution in [2.45, 2.75) is 32.6 Å². The lowest BCUT2D eigenvalue weighted by atomic mass is 9.98. The van der Waals surface area contributed by atoms with Crippen molar-refractivity contribution in [1.29, 1.82) is 0 Å². The van der Waals surface area contributed by atoms with Gasteiger partial charge in [0.15, 0.2) is 0 Å². The maximum absolute atomic E-state index is 11.9. The van der Waals surface area contributed by atoms with Crippen molar-refractivity contribution in [1.82, 2.24) is 10.2 Å². The van der Waals surface area contributed by atoms with Crippen LogP contribution >= 0.6 is 0 Å². The van der Waals surface area contributed by atoms with Gasteiger partial charge in [-0.2, -0.15) is 0 Å². The van der Waals surface area contributed by atoms with E-state index in [1.165, 1.54) is 19.4 Å². The number of nitrogens with zero attached hydrogens (tertiary/aromatic N) is 1. The molecule has 1 saturated heterocycles. The van der Waals surface area contributed by atoms with Gasteiger partial charge in [0.25, 0.3) is 0 Å². The molecule has 1 amide bonds. The number of nitrogens with one attached hydrogen (secondary N) is 1. The van der Waals surface area contributed by atoms with E-state index in [0.717, 1.165) is 25.2 Å². The number of benzene rings is 1. The molecule has 0 radical (unpaired) electrons. The van der Waals surface area contributed by atoms with Gasteiger partial charge in [-0.25, -0.2) is 0 Å². The molecule has 0 saturated carbocycles. The highest BCUT2D eigenvalue weighted by Crippen LogP contribution is 2.17. The second-order valence-electron chi connectivity index (χ2n) is 5.83. The first-order valence-electron chi connectivity index (χ1n) is 7.95. The summed E-state index contributed by atoms with van der Waals surface area (Å²) in [5.74, 6) is 0.927. The maximum Gasteiger partial charge on any atom is 0.220 e. The zero-order chi connectivity index (χ0) is 15.1.